The molecule has 0 radical (unpaired) electrons. The van der Waals surface area contributed by atoms with Gasteiger partial charge in [-0.15, -0.1) is 0 Å². The lowest BCUT2D eigenvalue weighted by molar-refractivity contribution is 0.658. The highest BCUT2D eigenvalue weighted by molar-refractivity contribution is 5.82. The average molecular weight is 281 g/mol. The van der Waals surface area contributed by atoms with E-state index in [2.05, 4.69) is 25.5 Å². The van der Waals surface area contributed by atoms with Gasteiger partial charge in [-0.25, -0.2) is 4.98 Å². The number of fused-ring (bicyclic) bond motifs is 2. The molecule has 0 spiro atoms. The fourth-order valence-electron chi connectivity index (χ4n) is 2.81. The van der Waals surface area contributed by atoms with E-state index in [4.69, 9.17) is 0 Å². The van der Waals surface area contributed by atoms with Crippen molar-refractivity contribution in [2.24, 2.45) is 0 Å². The Bertz CT molecular complexity index is 864. The molecule has 3 aromatic rings. The Morgan fingerprint density at radius 1 is 1.19 bits per heavy atom. The molecule has 106 valence electrons. The SMILES string of the molecule is O=c1[nH]c(Nc2ccc3cn[nH]c3c2)nc2c1CCCC2. The number of rotatable bonds is 2. The molecule has 2 aromatic heterocycles. The molecule has 0 aliphatic heterocycles. The van der Waals surface area contributed by atoms with E-state index in [9.17, 15) is 4.79 Å². The Hall–Kier alpha value is -2.63. The summed E-state index contributed by atoms with van der Waals surface area (Å²) in [7, 11) is 0. The van der Waals surface area contributed by atoms with Gasteiger partial charge in [0.05, 0.1) is 17.4 Å². The Labute approximate surface area is 120 Å². The summed E-state index contributed by atoms with van der Waals surface area (Å²) in [6.07, 6.45) is 5.66. The van der Waals surface area contributed by atoms with Crippen molar-refractivity contribution >= 4 is 22.5 Å². The first-order chi connectivity index (χ1) is 10.3. The zero-order valence-electron chi connectivity index (χ0n) is 11.4. The van der Waals surface area contributed by atoms with Crippen LogP contribution in [0.1, 0.15) is 24.1 Å². The van der Waals surface area contributed by atoms with Crippen molar-refractivity contribution in [1.82, 2.24) is 20.2 Å². The van der Waals surface area contributed by atoms with Crippen LogP contribution in [0, 0.1) is 0 Å². The fraction of sp³-hybridized carbons (Fsp3) is 0.267. The highest BCUT2D eigenvalue weighted by Crippen LogP contribution is 2.21. The van der Waals surface area contributed by atoms with Crippen LogP contribution in [0.3, 0.4) is 0 Å². The predicted octanol–water partition coefficient (Wildman–Crippen LogP) is 2.27. The molecule has 0 unspecified atom stereocenters. The Kier molecular flexibility index (Phi) is 2.73. The minimum absolute atomic E-state index is 0.0233. The summed E-state index contributed by atoms with van der Waals surface area (Å²) in [6, 6.07) is 5.86. The minimum Gasteiger partial charge on any atom is -0.326 e. The van der Waals surface area contributed by atoms with Crippen molar-refractivity contribution < 1.29 is 0 Å². The molecule has 0 saturated heterocycles. The molecule has 21 heavy (non-hydrogen) atoms. The normalized spacial score (nSPS) is 14.1. The fourth-order valence-corrected chi connectivity index (χ4v) is 2.81. The molecule has 6 heteroatoms. The molecular weight excluding hydrogens is 266 g/mol. The summed E-state index contributed by atoms with van der Waals surface area (Å²) in [5, 5.41) is 11.1. The number of aromatic nitrogens is 4. The number of H-pyrrole nitrogens is 2. The van der Waals surface area contributed by atoms with E-state index in [1.807, 2.05) is 18.2 Å². The molecule has 1 aliphatic carbocycles. The quantitative estimate of drug-likeness (QED) is 0.672. The monoisotopic (exact) mass is 281 g/mol. The molecule has 0 saturated carbocycles. The molecule has 0 fully saturated rings. The van der Waals surface area contributed by atoms with Crippen molar-refractivity contribution in [2.75, 3.05) is 5.32 Å². The minimum atomic E-state index is -0.0233. The van der Waals surface area contributed by atoms with Gasteiger partial charge in [0, 0.05) is 16.6 Å². The van der Waals surface area contributed by atoms with Crippen LogP contribution in [0.15, 0.2) is 29.2 Å². The summed E-state index contributed by atoms with van der Waals surface area (Å²) in [4.78, 5) is 19.5. The number of aromatic amines is 2. The lowest BCUT2D eigenvalue weighted by Gasteiger charge is -2.15. The van der Waals surface area contributed by atoms with Gasteiger partial charge in [-0.2, -0.15) is 5.10 Å². The summed E-state index contributed by atoms with van der Waals surface area (Å²) in [5.41, 5.74) is 3.56. The van der Waals surface area contributed by atoms with Crippen LogP contribution >= 0.6 is 0 Å². The average Bonchev–Trinajstić information content (AvgIpc) is 2.95. The zero-order valence-corrected chi connectivity index (χ0v) is 11.4. The van der Waals surface area contributed by atoms with Gasteiger partial charge < -0.3 is 5.32 Å². The summed E-state index contributed by atoms with van der Waals surface area (Å²) in [6.45, 7) is 0. The van der Waals surface area contributed by atoms with Gasteiger partial charge >= 0.3 is 0 Å². The molecule has 0 amide bonds. The molecule has 3 N–H and O–H groups in total. The second-order valence-electron chi connectivity index (χ2n) is 5.34. The summed E-state index contributed by atoms with van der Waals surface area (Å²) in [5.74, 6) is 0.500. The second-order valence-corrected chi connectivity index (χ2v) is 5.34. The first-order valence-electron chi connectivity index (χ1n) is 7.12. The van der Waals surface area contributed by atoms with Crippen LogP contribution in [-0.4, -0.2) is 20.2 Å². The van der Waals surface area contributed by atoms with Crippen molar-refractivity contribution in [2.45, 2.75) is 25.7 Å². The van der Waals surface area contributed by atoms with Crippen LogP contribution in [-0.2, 0) is 12.8 Å². The lowest BCUT2D eigenvalue weighted by atomic mass is 9.97. The number of nitrogens with zero attached hydrogens (tertiary/aromatic N) is 2. The van der Waals surface area contributed by atoms with E-state index >= 15 is 0 Å². The summed E-state index contributed by atoms with van der Waals surface area (Å²) < 4.78 is 0. The van der Waals surface area contributed by atoms with Gasteiger partial charge in [0.2, 0.25) is 5.95 Å². The van der Waals surface area contributed by atoms with Crippen molar-refractivity contribution in [3.8, 4) is 0 Å². The van der Waals surface area contributed by atoms with Gasteiger partial charge in [-0.1, -0.05) is 0 Å². The topological polar surface area (TPSA) is 86.5 Å². The third kappa shape index (κ3) is 2.18. The molecule has 0 bridgehead atoms. The van der Waals surface area contributed by atoms with Gasteiger partial charge in [0.25, 0.3) is 5.56 Å². The smallest absolute Gasteiger partial charge is 0.255 e. The van der Waals surface area contributed by atoms with E-state index in [-0.39, 0.29) is 5.56 Å². The Morgan fingerprint density at radius 3 is 3.05 bits per heavy atom. The number of hydrogen-bond donors (Lipinski definition) is 3. The number of hydrogen-bond acceptors (Lipinski definition) is 4. The Morgan fingerprint density at radius 2 is 2.10 bits per heavy atom. The number of aryl methyl sites for hydroxylation is 1. The first-order valence-corrected chi connectivity index (χ1v) is 7.12. The van der Waals surface area contributed by atoms with Crippen molar-refractivity contribution in [3.63, 3.8) is 0 Å². The van der Waals surface area contributed by atoms with Gasteiger partial charge in [-0.05, 0) is 43.9 Å². The third-order valence-corrected chi connectivity index (χ3v) is 3.90. The predicted molar refractivity (Wildman–Crippen MR) is 80.9 cm³/mol. The maximum absolute atomic E-state index is 12.1. The van der Waals surface area contributed by atoms with Crippen molar-refractivity contribution in [3.05, 3.63) is 46.0 Å². The number of benzene rings is 1. The first kappa shape index (κ1) is 12.1. The largest absolute Gasteiger partial charge is 0.326 e. The molecule has 1 aromatic carbocycles. The zero-order chi connectivity index (χ0) is 14.2. The van der Waals surface area contributed by atoms with Gasteiger partial charge in [0.1, 0.15) is 0 Å². The van der Waals surface area contributed by atoms with E-state index < -0.39 is 0 Å². The molecule has 2 heterocycles. The molecule has 4 rings (SSSR count). The number of nitrogens with one attached hydrogen (secondary N) is 3. The second kappa shape index (κ2) is 4.73. The molecular formula is C15H15N5O. The maximum atomic E-state index is 12.1. The van der Waals surface area contributed by atoms with Crippen LogP contribution in [0.25, 0.3) is 10.9 Å². The maximum Gasteiger partial charge on any atom is 0.255 e. The molecule has 1 aliphatic rings. The Balaban J connectivity index is 1.70. The van der Waals surface area contributed by atoms with Crippen LogP contribution in [0.5, 0.6) is 0 Å². The van der Waals surface area contributed by atoms with Crippen LogP contribution in [0.4, 0.5) is 11.6 Å². The number of anilines is 2. The highest BCUT2D eigenvalue weighted by Gasteiger charge is 2.15. The summed E-state index contributed by atoms with van der Waals surface area (Å²) >= 11 is 0. The molecule has 6 nitrogen and oxygen atoms in total. The van der Waals surface area contributed by atoms with Crippen LogP contribution < -0.4 is 10.9 Å². The van der Waals surface area contributed by atoms with E-state index in [0.717, 1.165) is 53.5 Å². The lowest BCUT2D eigenvalue weighted by Crippen LogP contribution is -2.22. The highest BCUT2D eigenvalue weighted by atomic mass is 16.1. The van der Waals surface area contributed by atoms with E-state index in [1.54, 1.807) is 6.20 Å². The third-order valence-electron chi connectivity index (χ3n) is 3.90. The van der Waals surface area contributed by atoms with Crippen LogP contribution in [0.2, 0.25) is 0 Å². The van der Waals surface area contributed by atoms with Gasteiger partial charge in [0.15, 0.2) is 0 Å². The van der Waals surface area contributed by atoms with Crippen molar-refractivity contribution in [1.29, 1.82) is 0 Å². The van der Waals surface area contributed by atoms with Gasteiger partial charge in [-0.3, -0.25) is 14.9 Å². The van der Waals surface area contributed by atoms with E-state index in [0.29, 0.717) is 5.95 Å². The molecule has 0 atom stereocenters. The standard InChI is InChI=1S/C15H15N5O/c21-14-11-3-1-2-4-12(11)18-15(19-14)17-10-6-5-9-8-16-20-13(9)7-10/h5-8H,1-4H2,(H,16,20)(H2,17,18,19,21). The van der Waals surface area contributed by atoms with E-state index in [1.165, 1.54) is 0 Å².